The summed E-state index contributed by atoms with van der Waals surface area (Å²) in [6, 6.07) is 5.65. The van der Waals surface area contributed by atoms with Gasteiger partial charge in [0, 0.05) is 32.2 Å². The predicted octanol–water partition coefficient (Wildman–Crippen LogP) is 1.96. The number of carbonyl (C=O) groups excluding carboxylic acids is 2. The van der Waals surface area contributed by atoms with Crippen molar-refractivity contribution in [3.05, 3.63) is 50.8 Å². The van der Waals surface area contributed by atoms with Crippen molar-refractivity contribution in [1.29, 1.82) is 0 Å². The van der Waals surface area contributed by atoms with Gasteiger partial charge in [0.2, 0.25) is 0 Å². The van der Waals surface area contributed by atoms with E-state index in [1.54, 1.807) is 6.07 Å². The molecule has 2 aliphatic rings. The Bertz CT molecular complexity index is 1620. The first-order valence-electron chi connectivity index (χ1n) is 16.1. The van der Waals surface area contributed by atoms with Crippen LogP contribution in [0.25, 0.3) is 11.0 Å². The highest BCUT2D eigenvalue weighted by Gasteiger charge is 2.36. The summed E-state index contributed by atoms with van der Waals surface area (Å²) in [6.07, 6.45) is 7.17. The van der Waals surface area contributed by atoms with E-state index in [1.807, 2.05) is 12.1 Å². The number of carbonyl (C=O) groups is 2. The zero-order valence-electron chi connectivity index (χ0n) is 26.5. The lowest BCUT2D eigenvalue weighted by molar-refractivity contribution is -0.0319. The molecule has 3 atom stereocenters. The van der Waals surface area contributed by atoms with E-state index in [1.165, 1.54) is 18.0 Å². The highest BCUT2D eigenvalue weighted by molar-refractivity contribution is 5.72. The van der Waals surface area contributed by atoms with Gasteiger partial charge in [0.25, 0.3) is 5.56 Å². The van der Waals surface area contributed by atoms with Crippen molar-refractivity contribution in [2.75, 3.05) is 39.9 Å². The molecule has 0 spiro atoms. The molecular formula is C31H43N7O9. The van der Waals surface area contributed by atoms with E-state index in [4.69, 9.17) is 18.9 Å². The molecule has 47 heavy (non-hydrogen) atoms. The topological polar surface area (TPSA) is 202 Å². The molecule has 3 heterocycles. The SMILES string of the molecule is COc1cc(CCO[C@@H]2CCCC[C@H]2N2CC[C@@H](OC(=O)NCCCCNC(=O)OCn3ncc4c(=O)[nH]c(=O)[nH]c43)C2)ccc1O. The monoisotopic (exact) mass is 657 g/mol. The Hall–Kier alpha value is -4.57. The number of hydrogen-bond donors (Lipinski definition) is 5. The number of H-pyrrole nitrogens is 2. The van der Waals surface area contributed by atoms with Crippen LogP contribution in [-0.4, -0.2) is 100 Å². The van der Waals surface area contributed by atoms with Crippen LogP contribution >= 0.6 is 0 Å². The zero-order chi connectivity index (χ0) is 33.2. The number of methoxy groups -OCH3 is 1. The molecular weight excluding hydrogens is 614 g/mol. The summed E-state index contributed by atoms with van der Waals surface area (Å²) >= 11 is 0. The van der Waals surface area contributed by atoms with E-state index in [0.717, 1.165) is 50.6 Å². The summed E-state index contributed by atoms with van der Waals surface area (Å²) < 4.78 is 23.6. The van der Waals surface area contributed by atoms with E-state index in [9.17, 15) is 24.3 Å². The van der Waals surface area contributed by atoms with Crippen molar-refractivity contribution < 1.29 is 33.6 Å². The van der Waals surface area contributed by atoms with Gasteiger partial charge in [-0.1, -0.05) is 18.9 Å². The Morgan fingerprint density at radius 3 is 2.66 bits per heavy atom. The van der Waals surface area contributed by atoms with E-state index in [2.05, 4.69) is 30.6 Å². The molecule has 2 amide bonds. The van der Waals surface area contributed by atoms with E-state index in [0.29, 0.717) is 50.9 Å². The maximum absolute atomic E-state index is 12.4. The number of hydrogen-bond acceptors (Lipinski definition) is 11. The molecule has 5 rings (SSSR count). The number of aromatic hydroxyl groups is 1. The van der Waals surface area contributed by atoms with Crippen molar-refractivity contribution in [1.82, 2.24) is 35.3 Å². The number of alkyl carbamates (subject to hydrolysis) is 2. The van der Waals surface area contributed by atoms with Crippen LogP contribution in [-0.2, 0) is 27.4 Å². The second kappa shape index (κ2) is 16.3. The van der Waals surface area contributed by atoms with Crippen LogP contribution in [0.4, 0.5) is 9.59 Å². The van der Waals surface area contributed by atoms with Gasteiger partial charge < -0.3 is 34.7 Å². The number of phenols is 1. The summed E-state index contributed by atoms with van der Waals surface area (Å²) in [7, 11) is 1.54. The third-order valence-corrected chi connectivity index (χ3v) is 8.56. The number of aromatic nitrogens is 4. The van der Waals surface area contributed by atoms with Crippen molar-refractivity contribution >= 4 is 23.2 Å². The number of phenolic OH excluding ortho intramolecular Hbond substituents is 1. The molecule has 0 radical (unpaired) electrons. The summed E-state index contributed by atoms with van der Waals surface area (Å²) in [6.45, 7) is 2.56. The fourth-order valence-electron chi connectivity index (χ4n) is 6.13. The molecule has 2 aromatic heterocycles. The first kappa shape index (κ1) is 33.8. The molecule has 16 heteroatoms. The Morgan fingerprint density at radius 2 is 1.85 bits per heavy atom. The van der Waals surface area contributed by atoms with Crippen LogP contribution in [0.5, 0.6) is 11.5 Å². The third kappa shape index (κ3) is 9.25. The molecule has 0 unspecified atom stereocenters. The molecule has 1 saturated carbocycles. The van der Waals surface area contributed by atoms with Gasteiger partial charge in [0.05, 0.1) is 26.0 Å². The van der Waals surface area contributed by atoms with Crippen LogP contribution < -0.4 is 26.6 Å². The molecule has 1 saturated heterocycles. The van der Waals surface area contributed by atoms with Crippen molar-refractivity contribution in [2.24, 2.45) is 0 Å². The zero-order valence-corrected chi connectivity index (χ0v) is 26.5. The average molecular weight is 658 g/mol. The quantitative estimate of drug-likeness (QED) is 0.159. The minimum atomic E-state index is -0.684. The van der Waals surface area contributed by atoms with E-state index in [-0.39, 0.29) is 35.7 Å². The van der Waals surface area contributed by atoms with Crippen LogP contribution in [0.15, 0.2) is 34.0 Å². The van der Waals surface area contributed by atoms with Gasteiger partial charge >= 0.3 is 17.9 Å². The first-order valence-corrected chi connectivity index (χ1v) is 16.1. The van der Waals surface area contributed by atoms with Crippen LogP contribution in [0.1, 0.15) is 50.5 Å². The Balaban J connectivity index is 0.938. The number of rotatable bonds is 14. The fraction of sp³-hybridized carbons (Fsp3) is 0.581. The van der Waals surface area contributed by atoms with Gasteiger partial charge in [-0.2, -0.15) is 5.10 Å². The molecule has 1 aromatic carbocycles. The second-order valence-electron chi connectivity index (χ2n) is 11.8. The second-order valence-corrected chi connectivity index (χ2v) is 11.8. The minimum Gasteiger partial charge on any atom is -0.504 e. The average Bonchev–Trinajstić information content (AvgIpc) is 3.69. The molecule has 16 nitrogen and oxygen atoms in total. The standard InChI is InChI=1S/C31H43N7O9/c1-44-26-16-20(8-9-24(26)39)11-15-45-25-7-3-2-6-23(25)37-14-10-21(18-37)47-31(43)33-13-5-4-12-32-30(42)46-19-38-27-22(17-34-38)28(40)36-29(41)35-27/h8-9,16-17,21,23,25,39H,2-7,10-15,18-19H2,1H3,(H,32,42)(H,33,43)(H2,35,36,40,41)/t21-,23-,25-/m1/s1. The number of nitrogens with zero attached hydrogens (tertiary/aromatic N) is 3. The van der Waals surface area contributed by atoms with Crippen molar-refractivity contribution in [3.8, 4) is 11.5 Å². The molecule has 0 bridgehead atoms. The number of ether oxygens (including phenoxy) is 4. The highest BCUT2D eigenvalue weighted by atomic mass is 16.6. The third-order valence-electron chi connectivity index (χ3n) is 8.56. The number of fused-ring (bicyclic) bond motifs is 1. The van der Waals surface area contributed by atoms with Crippen molar-refractivity contribution in [2.45, 2.75) is 76.3 Å². The predicted molar refractivity (Wildman–Crippen MR) is 170 cm³/mol. The van der Waals surface area contributed by atoms with Gasteiger partial charge in [0.1, 0.15) is 17.1 Å². The van der Waals surface area contributed by atoms with Crippen molar-refractivity contribution in [3.63, 3.8) is 0 Å². The van der Waals surface area contributed by atoms with Gasteiger partial charge in [-0.15, -0.1) is 0 Å². The van der Waals surface area contributed by atoms with E-state index >= 15 is 0 Å². The largest absolute Gasteiger partial charge is 0.504 e. The molecule has 5 N–H and O–H groups in total. The normalized spacial score (nSPS) is 19.8. The molecule has 1 aliphatic carbocycles. The Labute approximate surface area is 270 Å². The lowest BCUT2D eigenvalue weighted by atomic mass is 9.91. The number of amides is 2. The van der Waals surface area contributed by atoms with Gasteiger partial charge in [-0.3, -0.25) is 19.7 Å². The van der Waals surface area contributed by atoms with Crippen LogP contribution in [0.3, 0.4) is 0 Å². The minimum absolute atomic E-state index is 0.123. The molecule has 3 aromatic rings. The number of unbranched alkanes of at least 4 members (excludes halogenated alkanes) is 1. The highest BCUT2D eigenvalue weighted by Crippen LogP contribution is 2.30. The smallest absolute Gasteiger partial charge is 0.408 e. The maximum atomic E-state index is 12.4. The number of aromatic amines is 2. The van der Waals surface area contributed by atoms with Crippen LogP contribution in [0, 0.1) is 0 Å². The number of nitrogens with one attached hydrogen (secondary N) is 4. The summed E-state index contributed by atoms with van der Waals surface area (Å²) in [4.78, 5) is 54.7. The first-order chi connectivity index (χ1) is 22.8. The van der Waals surface area contributed by atoms with Gasteiger partial charge in [-0.25, -0.2) is 19.1 Å². The number of benzene rings is 1. The summed E-state index contributed by atoms with van der Waals surface area (Å²) in [5, 5.41) is 19.4. The Morgan fingerprint density at radius 1 is 1.06 bits per heavy atom. The van der Waals surface area contributed by atoms with Gasteiger partial charge in [0.15, 0.2) is 18.2 Å². The van der Waals surface area contributed by atoms with Gasteiger partial charge in [-0.05, 0) is 56.2 Å². The molecule has 2 fully saturated rings. The lowest BCUT2D eigenvalue weighted by Gasteiger charge is -2.37. The Kier molecular flexibility index (Phi) is 11.7. The molecule has 256 valence electrons. The summed E-state index contributed by atoms with van der Waals surface area (Å²) in [5.74, 6) is 0.581. The fourth-order valence-corrected chi connectivity index (χ4v) is 6.13. The number of likely N-dealkylation sites (tertiary alicyclic amines) is 1. The maximum Gasteiger partial charge on any atom is 0.408 e. The summed E-state index contributed by atoms with van der Waals surface area (Å²) in [5.41, 5.74) is -0.0658. The molecule has 1 aliphatic heterocycles. The van der Waals surface area contributed by atoms with E-state index < -0.39 is 23.4 Å². The lowest BCUT2D eigenvalue weighted by Crippen LogP contribution is -2.46. The van der Waals surface area contributed by atoms with Crippen LogP contribution in [0.2, 0.25) is 0 Å².